The Labute approximate surface area is 176 Å². The minimum atomic E-state index is -0.285. The van der Waals surface area contributed by atoms with Crippen LogP contribution in [0.1, 0.15) is 46.0 Å². The van der Waals surface area contributed by atoms with E-state index in [0.717, 1.165) is 29.7 Å². The topological polar surface area (TPSA) is 70.9 Å². The molecule has 0 unspecified atom stereocenters. The van der Waals surface area contributed by atoms with Crippen molar-refractivity contribution in [1.82, 2.24) is 5.43 Å². The zero-order valence-electron chi connectivity index (χ0n) is 16.9. The average Bonchev–Trinajstić information content (AvgIpc) is 3.24. The second kappa shape index (κ2) is 8.82. The zero-order valence-corrected chi connectivity index (χ0v) is 16.9. The maximum atomic E-state index is 12.5. The Morgan fingerprint density at radius 2 is 1.80 bits per heavy atom. The first-order chi connectivity index (χ1) is 14.6. The predicted molar refractivity (Wildman–Crippen MR) is 117 cm³/mol. The van der Waals surface area contributed by atoms with Crippen LogP contribution in [-0.4, -0.2) is 16.7 Å². The molecule has 0 bridgehead atoms. The number of rotatable bonds is 6. The number of fused-ring (bicyclic) bond motifs is 1. The molecule has 0 atom stereocenters. The largest absolute Gasteiger partial charge is 0.508 e. The third-order valence-electron chi connectivity index (χ3n) is 5.27. The smallest absolute Gasteiger partial charge is 0.271 e. The van der Waals surface area contributed by atoms with E-state index in [9.17, 15) is 9.90 Å². The molecule has 0 saturated carbocycles. The fourth-order valence-electron chi connectivity index (χ4n) is 3.57. The summed E-state index contributed by atoms with van der Waals surface area (Å²) in [4.78, 5) is 12.5. The molecule has 152 valence electrons. The van der Waals surface area contributed by atoms with Crippen LogP contribution in [0.4, 0.5) is 0 Å². The lowest BCUT2D eigenvalue weighted by Gasteiger charge is -2.09. The highest BCUT2D eigenvalue weighted by molar-refractivity contribution is 6.00. The number of nitrogens with one attached hydrogen (secondary N) is 1. The fraction of sp³-hybridized carbons (Fsp3) is 0.200. The molecule has 0 fully saturated rings. The Kier molecular flexibility index (Phi) is 5.80. The Bertz CT molecular complexity index is 1090. The molecule has 0 radical (unpaired) electrons. The Morgan fingerprint density at radius 1 is 1.00 bits per heavy atom. The molecule has 0 saturated heterocycles. The van der Waals surface area contributed by atoms with Gasteiger partial charge >= 0.3 is 0 Å². The second-order valence-corrected chi connectivity index (χ2v) is 7.46. The summed E-state index contributed by atoms with van der Waals surface area (Å²) < 4.78 is 5.94. The molecule has 5 heteroatoms. The minimum Gasteiger partial charge on any atom is -0.508 e. The number of aryl methyl sites for hydroxylation is 2. The number of nitrogens with zero attached hydrogens (tertiary/aromatic N) is 1. The van der Waals surface area contributed by atoms with Gasteiger partial charge in [-0.3, -0.25) is 4.79 Å². The summed E-state index contributed by atoms with van der Waals surface area (Å²) >= 11 is 0. The summed E-state index contributed by atoms with van der Waals surface area (Å²) in [5.41, 5.74) is 8.30. The van der Waals surface area contributed by atoms with E-state index in [2.05, 4.69) is 22.7 Å². The van der Waals surface area contributed by atoms with Crippen LogP contribution in [-0.2, 0) is 19.4 Å². The van der Waals surface area contributed by atoms with Crippen molar-refractivity contribution in [3.05, 3.63) is 94.5 Å². The molecule has 0 aliphatic heterocycles. The number of amides is 1. The van der Waals surface area contributed by atoms with E-state index in [4.69, 9.17) is 4.74 Å². The van der Waals surface area contributed by atoms with Gasteiger partial charge in [0.2, 0.25) is 0 Å². The van der Waals surface area contributed by atoms with E-state index < -0.39 is 0 Å². The monoisotopic (exact) mass is 400 g/mol. The van der Waals surface area contributed by atoms with Gasteiger partial charge < -0.3 is 9.84 Å². The van der Waals surface area contributed by atoms with Gasteiger partial charge in [0.15, 0.2) is 0 Å². The standard InChI is InChI=1S/C25H24N2O3/c1-17(19-8-11-23(28)12-9-19)26-27-25(29)22-7-2-4-18(14-22)16-30-24-13-10-20-5-3-6-21(20)15-24/h2,4,7-15,28H,3,5-6,16H2,1H3,(H,27,29). The number of aromatic hydroxyl groups is 1. The SMILES string of the molecule is CC(=NNC(=O)c1cccc(COc2ccc3c(c2)CCC3)c1)c1ccc(O)cc1. The van der Waals surface area contributed by atoms with Crippen LogP contribution < -0.4 is 10.2 Å². The molecule has 0 heterocycles. The van der Waals surface area contributed by atoms with E-state index in [-0.39, 0.29) is 11.7 Å². The van der Waals surface area contributed by atoms with Crippen LogP contribution in [0, 0.1) is 0 Å². The third kappa shape index (κ3) is 4.69. The van der Waals surface area contributed by atoms with Crippen molar-refractivity contribution < 1.29 is 14.6 Å². The molecule has 0 spiro atoms. The summed E-state index contributed by atoms with van der Waals surface area (Å²) in [6.45, 7) is 2.20. The van der Waals surface area contributed by atoms with Gasteiger partial charge in [-0.1, -0.05) is 18.2 Å². The highest BCUT2D eigenvalue weighted by atomic mass is 16.5. The van der Waals surface area contributed by atoms with Gasteiger partial charge in [0.1, 0.15) is 18.1 Å². The molecule has 1 aliphatic rings. The number of phenolic OH excluding ortho intramolecular Hbond substituents is 1. The number of carbonyl (C=O) groups is 1. The normalized spacial score (nSPS) is 13.0. The maximum Gasteiger partial charge on any atom is 0.271 e. The van der Waals surface area contributed by atoms with Crippen LogP contribution >= 0.6 is 0 Å². The van der Waals surface area contributed by atoms with Gasteiger partial charge in [0, 0.05) is 5.56 Å². The predicted octanol–water partition coefficient (Wildman–Crippen LogP) is 4.61. The highest BCUT2D eigenvalue weighted by Gasteiger charge is 2.11. The van der Waals surface area contributed by atoms with Crippen LogP contribution in [0.3, 0.4) is 0 Å². The number of ether oxygens (including phenoxy) is 1. The number of hydrogen-bond acceptors (Lipinski definition) is 4. The quantitative estimate of drug-likeness (QED) is 0.469. The molecule has 30 heavy (non-hydrogen) atoms. The molecule has 1 aliphatic carbocycles. The van der Waals surface area contributed by atoms with Crippen molar-refractivity contribution >= 4 is 11.6 Å². The molecule has 4 rings (SSSR count). The lowest BCUT2D eigenvalue weighted by Crippen LogP contribution is -2.19. The number of carbonyl (C=O) groups excluding carboxylic acids is 1. The first kappa shape index (κ1) is 19.7. The van der Waals surface area contributed by atoms with Crippen molar-refractivity contribution in [2.45, 2.75) is 32.8 Å². The lowest BCUT2D eigenvalue weighted by atomic mass is 10.1. The second-order valence-electron chi connectivity index (χ2n) is 7.46. The van der Waals surface area contributed by atoms with Crippen molar-refractivity contribution in [1.29, 1.82) is 0 Å². The van der Waals surface area contributed by atoms with Crippen molar-refractivity contribution in [3.63, 3.8) is 0 Å². The molecule has 2 N–H and O–H groups in total. The summed E-state index contributed by atoms with van der Waals surface area (Å²) in [5, 5.41) is 13.5. The average molecular weight is 400 g/mol. The Balaban J connectivity index is 1.38. The molecule has 0 aromatic heterocycles. The summed E-state index contributed by atoms with van der Waals surface area (Å²) in [7, 11) is 0. The molecule has 1 amide bonds. The summed E-state index contributed by atoms with van der Waals surface area (Å²) in [6, 6.07) is 20.3. The molecule has 5 nitrogen and oxygen atoms in total. The van der Waals surface area contributed by atoms with E-state index in [1.807, 2.05) is 24.3 Å². The first-order valence-electron chi connectivity index (χ1n) is 10.1. The van der Waals surface area contributed by atoms with Crippen molar-refractivity contribution in [2.75, 3.05) is 0 Å². The fourth-order valence-corrected chi connectivity index (χ4v) is 3.57. The number of hydrazone groups is 1. The maximum absolute atomic E-state index is 12.5. The van der Waals surface area contributed by atoms with Crippen LogP contribution in [0.2, 0.25) is 0 Å². The highest BCUT2D eigenvalue weighted by Crippen LogP contribution is 2.26. The number of benzene rings is 3. The van der Waals surface area contributed by atoms with Crippen LogP contribution in [0.25, 0.3) is 0 Å². The van der Waals surface area contributed by atoms with Crippen LogP contribution in [0.15, 0.2) is 71.8 Å². The third-order valence-corrected chi connectivity index (χ3v) is 5.27. The van der Waals surface area contributed by atoms with Crippen molar-refractivity contribution in [3.8, 4) is 11.5 Å². The molecular weight excluding hydrogens is 376 g/mol. The summed E-state index contributed by atoms with van der Waals surface area (Å²) in [5.74, 6) is 0.765. The van der Waals surface area contributed by atoms with Crippen molar-refractivity contribution in [2.24, 2.45) is 5.10 Å². The lowest BCUT2D eigenvalue weighted by molar-refractivity contribution is 0.0954. The first-order valence-corrected chi connectivity index (χ1v) is 10.1. The van der Waals surface area contributed by atoms with Gasteiger partial charge in [0.25, 0.3) is 5.91 Å². The van der Waals surface area contributed by atoms with Gasteiger partial charge in [-0.2, -0.15) is 5.10 Å². The van der Waals surface area contributed by atoms with Crippen LogP contribution in [0.5, 0.6) is 11.5 Å². The molecule has 3 aromatic carbocycles. The van der Waals surface area contributed by atoms with E-state index in [1.54, 1.807) is 37.3 Å². The van der Waals surface area contributed by atoms with E-state index >= 15 is 0 Å². The Morgan fingerprint density at radius 3 is 2.63 bits per heavy atom. The summed E-state index contributed by atoms with van der Waals surface area (Å²) in [6.07, 6.45) is 3.48. The van der Waals surface area contributed by atoms with Gasteiger partial charge in [-0.25, -0.2) is 5.43 Å². The number of hydrogen-bond donors (Lipinski definition) is 2. The zero-order chi connectivity index (χ0) is 20.9. The number of phenols is 1. The molecule has 3 aromatic rings. The van der Waals surface area contributed by atoms with E-state index in [0.29, 0.717) is 17.9 Å². The van der Waals surface area contributed by atoms with E-state index in [1.165, 1.54) is 17.5 Å². The van der Waals surface area contributed by atoms with Gasteiger partial charge in [-0.05, 0) is 97.0 Å². The Hall–Kier alpha value is -3.60. The minimum absolute atomic E-state index is 0.189. The van der Waals surface area contributed by atoms with Gasteiger partial charge in [-0.15, -0.1) is 0 Å². The molecular formula is C25H24N2O3. The van der Waals surface area contributed by atoms with Gasteiger partial charge in [0.05, 0.1) is 5.71 Å².